The molecule has 114 valence electrons. The van der Waals surface area contributed by atoms with Gasteiger partial charge in [0.25, 0.3) is 0 Å². The first-order valence-electron chi connectivity index (χ1n) is 6.24. The smallest absolute Gasteiger partial charge is 0.216 e. The summed E-state index contributed by atoms with van der Waals surface area (Å²) < 4.78 is 40.1. The predicted octanol–water partition coefficient (Wildman–Crippen LogP) is 3.51. The van der Waals surface area contributed by atoms with Crippen LogP contribution in [-0.2, 0) is 15.8 Å². The summed E-state index contributed by atoms with van der Waals surface area (Å²) in [6.07, 6.45) is 2.23. The number of sulfonamides is 1. The molecule has 21 heavy (non-hydrogen) atoms. The van der Waals surface area contributed by atoms with Crippen molar-refractivity contribution in [2.24, 2.45) is 0 Å². The van der Waals surface area contributed by atoms with Crippen LogP contribution in [0.25, 0.3) is 0 Å². The Labute approximate surface area is 132 Å². The summed E-state index contributed by atoms with van der Waals surface area (Å²) in [4.78, 5) is 4.13. The van der Waals surface area contributed by atoms with Crippen LogP contribution in [0.2, 0.25) is 5.02 Å². The molecule has 1 aromatic heterocycles. The molecule has 0 unspecified atom stereocenters. The second-order valence-electron chi connectivity index (χ2n) is 4.46. The first kappa shape index (κ1) is 16.4. The Bertz CT molecular complexity index is 705. The van der Waals surface area contributed by atoms with Gasteiger partial charge in [0.05, 0.1) is 16.8 Å². The van der Waals surface area contributed by atoms with Crippen molar-refractivity contribution in [2.75, 3.05) is 0 Å². The average molecular weight is 349 g/mol. The summed E-state index contributed by atoms with van der Waals surface area (Å²) in [5.74, 6) is -0.825. The van der Waals surface area contributed by atoms with E-state index in [0.29, 0.717) is 12.0 Å². The van der Waals surface area contributed by atoms with E-state index in [4.69, 9.17) is 11.6 Å². The Kier molecular flexibility index (Phi) is 5.32. The fourth-order valence-electron chi connectivity index (χ4n) is 1.82. The van der Waals surface area contributed by atoms with Gasteiger partial charge in [-0.1, -0.05) is 24.6 Å². The molecule has 4 nitrogen and oxygen atoms in total. The highest BCUT2D eigenvalue weighted by atomic mass is 35.5. The van der Waals surface area contributed by atoms with Crippen LogP contribution in [0.4, 0.5) is 4.39 Å². The normalized spacial score (nSPS) is 13.3. The number of hydrogen-bond donors (Lipinski definition) is 1. The Balaban J connectivity index is 2.12. The third kappa shape index (κ3) is 4.47. The van der Waals surface area contributed by atoms with Gasteiger partial charge in [-0.3, -0.25) is 0 Å². The number of benzene rings is 1. The zero-order chi connectivity index (χ0) is 15.5. The summed E-state index contributed by atoms with van der Waals surface area (Å²) in [6, 6.07) is 3.53. The Morgan fingerprint density at radius 3 is 2.81 bits per heavy atom. The van der Waals surface area contributed by atoms with E-state index in [2.05, 4.69) is 9.71 Å². The van der Waals surface area contributed by atoms with Gasteiger partial charge in [0.1, 0.15) is 10.8 Å². The van der Waals surface area contributed by atoms with E-state index in [-0.39, 0.29) is 16.8 Å². The maximum atomic E-state index is 13.1. The van der Waals surface area contributed by atoms with Crippen LogP contribution in [-0.4, -0.2) is 13.4 Å². The molecule has 0 bridgehead atoms. The molecule has 0 aliphatic heterocycles. The third-order valence-corrected chi connectivity index (χ3v) is 5.36. The van der Waals surface area contributed by atoms with Crippen LogP contribution in [0.3, 0.4) is 0 Å². The molecule has 1 atom stereocenters. The van der Waals surface area contributed by atoms with Crippen LogP contribution in [0, 0.1) is 5.82 Å². The summed E-state index contributed by atoms with van der Waals surface area (Å²) in [5.41, 5.74) is 0.433. The highest BCUT2D eigenvalue weighted by molar-refractivity contribution is 7.88. The minimum absolute atomic E-state index is 0.0883. The molecule has 0 saturated heterocycles. The topological polar surface area (TPSA) is 59.1 Å². The number of nitrogens with one attached hydrogen (secondary N) is 1. The molecule has 0 saturated carbocycles. The summed E-state index contributed by atoms with van der Waals surface area (Å²) in [6.45, 7) is 1.88. The van der Waals surface area contributed by atoms with Crippen molar-refractivity contribution < 1.29 is 12.8 Å². The summed E-state index contributed by atoms with van der Waals surface area (Å²) in [5, 5.41) is 2.43. The van der Waals surface area contributed by atoms with E-state index >= 15 is 0 Å². The van der Waals surface area contributed by atoms with E-state index in [0.717, 1.165) is 11.1 Å². The van der Waals surface area contributed by atoms with Crippen molar-refractivity contribution >= 4 is 33.0 Å². The first-order valence-corrected chi connectivity index (χ1v) is 9.15. The summed E-state index contributed by atoms with van der Waals surface area (Å²) >= 11 is 7.06. The zero-order valence-corrected chi connectivity index (χ0v) is 13.6. The maximum absolute atomic E-state index is 13.1. The van der Waals surface area contributed by atoms with Gasteiger partial charge in [0, 0.05) is 11.6 Å². The Hall–Kier alpha value is -1.02. The van der Waals surface area contributed by atoms with Gasteiger partial charge in [-0.05, 0) is 24.1 Å². The number of thiazole rings is 1. The lowest BCUT2D eigenvalue weighted by Crippen LogP contribution is -2.29. The number of halogens is 2. The van der Waals surface area contributed by atoms with Gasteiger partial charge in [-0.15, -0.1) is 11.3 Å². The molecule has 0 spiro atoms. The van der Waals surface area contributed by atoms with Crippen molar-refractivity contribution in [2.45, 2.75) is 25.1 Å². The molecule has 0 aliphatic carbocycles. The standard InChI is InChI=1S/C13H14ClFN2O2S2/c1-2-12(13-16-5-6-20-13)17-21(18,19)8-9-3-4-11(15)10(14)7-9/h3-7,12,17H,2,8H2,1H3/t12-/m1/s1. The molecule has 0 fully saturated rings. The van der Waals surface area contributed by atoms with Crippen molar-refractivity contribution in [3.8, 4) is 0 Å². The molecule has 1 heterocycles. The van der Waals surface area contributed by atoms with E-state index in [1.54, 1.807) is 11.6 Å². The molecular formula is C13H14ClFN2O2S2. The van der Waals surface area contributed by atoms with Crippen molar-refractivity contribution in [3.05, 3.63) is 51.2 Å². The van der Waals surface area contributed by atoms with Crippen molar-refractivity contribution in [1.29, 1.82) is 0 Å². The lowest BCUT2D eigenvalue weighted by molar-refractivity contribution is 0.548. The monoisotopic (exact) mass is 348 g/mol. The Morgan fingerprint density at radius 2 is 2.24 bits per heavy atom. The molecule has 0 aliphatic rings. The SMILES string of the molecule is CC[C@@H](NS(=O)(=O)Cc1ccc(F)c(Cl)c1)c1nccs1. The maximum Gasteiger partial charge on any atom is 0.216 e. The molecule has 8 heteroatoms. The van der Waals surface area contributed by atoms with Gasteiger partial charge < -0.3 is 0 Å². The summed E-state index contributed by atoms with van der Waals surface area (Å²) in [7, 11) is -3.57. The van der Waals surface area contributed by atoms with Crippen LogP contribution in [0.5, 0.6) is 0 Å². The van der Waals surface area contributed by atoms with Gasteiger partial charge >= 0.3 is 0 Å². The van der Waals surface area contributed by atoms with Crippen LogP contribution in [0.15, 0.2) is 29.8 Å². The van der Waals surface area contributed by atoms with Gasteiger partial charge in [-0.25, -0.2) is 22.5 Å². The quantitative estimate of drug-likeness (QED) is 0.869. The fourth-order valence-corrected chi connectivity index (χ4v) is 4.29. The van der Waals surface area contributed by atoms with Crippen LogP contribution in [0.1, 0.15) is 30.0 Å². The largest absolute Gasteiger partial charge is 0.248 e. The second-order valence-corrected chi connectivity index (χ2v) is 7.54. The second kappa shape index (κ2) is 6.83. The minimum Gasteiger partial charge on any atom is -0.248 e. The molecule has 1 aromatic carbocycles. The molecule has 0 radical (unpaired) electrons. The number of rotatable bonds is 6. The van der Waals surface area contributed by atoms with Gasteiger partial charge in [-0.2, -0.15) is 0 Å². The van der Waals surface area contributed by atoms with Crippen LogP contribution < -0.4 is 4.72 Å². The molecule has 2 rings (SSSR count). The van der Waals surface area contributed by atoms with Gasteiger partial charge in [0.15, 0.2) is 0 Å². The van der Waals surface area contributed by atoms with E-state index in [1.807, 2.05) is 6.92 Å². The molecule has 0 amide bonds. The number of aromatic nitrogens is 1. The highest BCUT2D eigenvalue weighted by Gasteiger charge is 2.20. The lowest BCUT2D eigenvalue weighted by Gasteiger charge is -2.15. The Morgan fingerprint density at radius 1 is 1.48 bits per heavy atom. The van der Waals surface area contributed by atoms with Crippen molar-refractivity contribution in [3.63, 3.8) is 0 Å². The molecule has 1 N–H and O–H groups in total. The molecular weight excluding hydrogens is 335 g/mol. The lowest BCUT2D eigenvalue weighted by atomic mass is 10.2. The minimum atomic E-state index is -3.57. The number of nitrogens with zero attached hydrogens (tertiary/aromatic N) is 1. The molecule has 2 aromatic rings. The predicted molar refractivity (Wildman–Crippen MR) is 82.3 cm³/mol. The average Bonchev–Trinajstić information content (AvgIpc) is 2.94. The van der Waals surface area contributed by atoms with E-state index < -0.39 is 15.8 Å². The van der Waals surface area contributed by atoms with Crippen LogP contribution >= 0.6 is 22.9 Å². The number of hydrogen-bond acceptors (Lipinski definition) is 4. The van der Waals surface area contributed by atoms with Gasteiger partial charge in [0.2, 0.25) is 10.0 Å². The highest BCUT2D eigenvalue weighted by Crippen LogP contribution is 2.22. The van der Waals surface area contributed by atoms with E-state index in [1.165, 1.54) is 23.5 Å². The van der Waals surface area contributed by atoms with Crippen molar-refractivity contribution in [1.82, 2.24) is 9.71 Å². The first-order chi connectivity index (χ1) is 9.91. The third-order valence-electron chi connectivity index (χ3n) is 2.82. The van der Waals surface area contributed by atoms with E-state index in [9.17, 15) is 12.8 Å². The fraction of sp³-hybridized carbons (Fsp3) is 0.308. The zero-order valence-electron chi connectivity index (χ0n) is 11.2.